The lowest BCUT2D eigenvalue weighted by molar-refractivity contribution is 0.463. The summed E-state index contributed by atoms with van der Waals surface area (Å²) in [6, 6.07) is 7.64. The topological polar surface area (TPSA) is 12.0 Å². The van der Waals surface area contributed by atoms with Gasteiger partial charge in [0.15, 0.2) is 0 Å². The highest BCUT2D eigenvalue weighted by Gasteiger charge is 2.10. The number of benzene rings is 1. The summed E-state index contributed by atoms with van der Waals surface area (Å²) in [6.07, 6.45) is 9.64. The fourth-order valence-electron chi connectivity index (χ4n) is 2.86. The van der Waals surface area contributed by atoms with Crippen molar-refractivity contribution in [2.24, 2.45) is 0 Å². The Morgan fingerprint density at radius 3 is 2.39 bits per heavy atom. The van der Waals surface area contributed by atoms with Crippen LogP contribution in [-0.2, 0) is 6.42 Å². The first-order chi connectivity index (χ1) is 8.75. The summed E-state index contributed by atoms with van der Waals surface area (Å²) in [7, 11) is 0. The summed E-state index contributed by atoms with van der Waals surface area (Å²) in [5.74, 6) is 0. The molecule has 0 unspecified atom stereocenters. The minimum atomic E-state index is 0.777. The minimum absolute atomic E-state index is 0.777. The van der Waals surface area contributed by atoms with Crippen molar-refractivity contribution in [1.82, 2.24) is 5.32 Å². The van der Waals surface area contributed by atoms with Crippen molar-refractivity contribution < 1.29 is 0 Å². The van der Waals surface area contributed by atoms with Crippen LogP contribution in [0.15, 0.2) is 18.2 Å². The molecule has 0 heterocycles. The normalized spacial score (nSPS) is 17.7. The number of aryl methyl sites for hydroxylation is 2. The quantitative estimate of drug-likeness (QED) is 0.785. The third kappa shape index (κ3) is 4.13. The molecule has 0 radical (unpaired) electrons. The van der Waals surface area contributed by atoms with E-state index in [0.29, 0.717) is 0 Å². The first-order valence-electron chi connectivity index (χ1n) is 7.55. The highest BCUT2D eigenvalue weighted by Crippen LogP contribution is 2.17. The second-order valence-corrected chi connectivity index (χ2v) is 5.81. The number of rotatable bonds is 4. The Labute approximate surface area is 112 Å². The Morgan fingerprint density at radius 1 is 1.00 bits per heavy atom. The van der Waals surface area contributed by atoms with E-state index >= 15 is 0 Å². The monoisotopic (exact) mass is 245 g/mol. The van der Waals surface area contributed by atoms with Crippen LogP contribution in [0.1, 0.15) is 55.2 Å². The van der Waals surface area contributed by atoms with Gasteiger partial charge in [0.25, 0.3) is 0 Å². The molecular formula is C17H27N. The van der Waals surface area contributed by atoms with E-state index < -0.39 is 0 Å². The molecule has 1 heteroatoms. The van der Waals surface area contributed by atoms with Crippen molar-refractivity contribution in [2.75, 3.05) is 6.54 Å². The van der Waals surface area contributed by atoms with Crippen LogP contribution in [0.25, 0.3) is 0 Å². The first kappa shape index (κ1) is 13.6. The second-order valence-electron chi connectivity index (χ2n) is 5.81. The lowest BCUT2D eigenvalue weighted by Gasteiger charge is -2.16. The predicted molar refractivity (Wildman–Crippen MR) is 79.1 cm³/mol. The Morgan fingerprint density at radius 2 is 1.72 bits per heavy atom. The molecule has 0 atom stereocenters. The smallest absolute Gasteiger partial charge is 0.00671 e. The molecule has 1 saturated carbocycles. The van der Waals surface area contributed by atoms with Gasteiger partial charge in [0.05, 0.1) is 0 Å². The molecule has 0 amide bonds. The maximum absolute atomic E-state index is 3.74. The van der Waals surface area contributed by atoms with Gasteiger partial charge in [-0.1, -0.05) is 43.9 Å². The van der Waals surface area contributed by atoms with Crippen molar-refractivity contribution in [1.29, 1.82) is 0 Å². The number of nitrogens with one attached hydrogen (secondary N) is 1. The van der Waals surface area contributed by atoms with Crippen LogP contribution in [-0.4, -0.2) is 12.6 Å². The maximum Gasteiger partial charge on any atom is 0.00671 e. The summed E-state index contributed by atoms with van der Waals surface area (Å²) >= 11 is 0. The zero-order valence-electron chi connectivity index (χ0n) is 12.0. The van der Waals surface area contributed by atoms with Gasteiger partial charge < -0.3 is 5.32 Å². The minimum Gasteiger partial charge on any atom is -0.314 e. The van der Waals surface area contributed by atoms with Crippen molar-refractivity contribution in [3.8, 4) is 0 Å². The molecule has 0 aliphatic heterocycles. The lowest BCUT2D eigenvalue weighted by atomic mass is 10.0. The molecule has 1 aromatic rings. The van der Waals surface area contributed by atoms with Gasteiger partial charge in [-0.2, -0.15) is 0 Å². The molecule has 1 nitrogen and oxygen atoms in total. The zero-order chi connectivity index (χ0) is 12.8. The van der Waals surface area contributed by atoms with Crippen molar-refractivity contribution in [3.63, 3.8) is 0 Å². The van der Waals surface area contributed by atoms with Gasteiger partial charge in [0.1, 0.15) is 0 Å². The second kappa shape index (κ2) is 6.94. The van der Waals surface area contributed by atoms with Crippen LogP contribution < -0.4 is 5.32 Å². The lowest BCUT2D eigenvalue weighted by Crippen LogP contribution is -2.30. The molecule has 0 spiro atoms. The Bertz CT molecular complexity index is 362. The molecule has 1 aromatic carbocycles. The zero-order valence-corrected chi connectivity index (χ0v) is 12.0. The van der Waals surface area contributed by atoms with E-state index in [2.05, 4.69) is 37.4 Å². The molecule has 2 rings (SSSR count). The summed E-state index contributed by atoms with van der Waals surface area (Å²) in [5.41, 5.74) is 4.29. The fourth-order valence-corrected chi connectivity index (χ4v) is 2.86. The average Bonchev–Trinajstić information content (AvgIpc) is 2.62. The third-order valence-electron chi connectivity index (χ3n) is 4.27. The standard InChI is InChI=1S/C17H27N/c1-14-9-10-16(13-15(14)2)11-12-18-17-7-5-3-4-6-8-17/h9-10,13,17-18H,3-8,11-12H2,1-2H3. The van der Waals surface area contributed by atoms with E-state index in [1.807, 2.05) is 0 Å². The summed E-state index contributed by atoms with van der Waals surface area (Å²) < 4.78 is 0. The Hall–Kier alpha value is -0.820. The van der Waals surface area contributed by atoms with E-state index in [4.69, 9.17) is 0 Å². The van der Waals surface area contributed by atoms with Crippen LogP contribution in [0.2, 0.25) is 0 Å². The fraction of sp³-hybridized carbons (Fsp3) is 0.647. The van der Waals surface area contributed by atoms with Gasteiger partial charge in [-0.15, -0.1) is 0 Å². The van der Waals surface area contributed by atoms with Gasteiger partial charge in [0, 0.05) is 6.04 Å². The SMILES string of the molecule is Cc1ccc(CCNC2CCCCCC2)cc1C. The Balaban J connectivity index is 1.75. The number of hydrogen-bond donors (Lipinski definition) is 1. The molecule has 1 fully saturated rings. The van der Waals surface area contributed by atoms with Gasteiger partial charge >= 0.3 is 0 Å². The van der Waals surface area contributed by atoms with Gasteiger partial charge in [0.2, 0.25) is 0 Å². The summed E-state index contributed by atoms with van der Waals surface area (Å²) in [6.45, 7) is 5.52. The van der Waals surface area contributed by atoms with Crippen LogP contribution in [0.5, 0.6) is 0 Å². The molecule has 1 aliphatic carbocycles. The molecule has 1 N–H and O–H groups in total. The van der Waals surface area contributed by atoms with E-state index in [0.717, 1.165) is 19.0 Å². The maximum atomic E-state index is 3.74. The van der Waals surface area contributed by atoms with Crippen LogP contribution in [0.4, 0.5) is 0 Å². The summed E-state index contributed by atoms with van der Waals surface area (Å²) in [4.78, 5) is 0. The van der Waals surface area contributed by atoms with Crippen LogP contribution in [0.3, 0.4) is 0 Å². The van der Waals surface area contributed by atoms with Crippen LogP contribution in [0, 0.1) is 13.8 Å². The number of hydrogen-bond acceptors (Lipinski definition) is 1. The van der Waals surface area contributed by atoms with Crippen molar-refractivity contribution in [3.05, 3.63) is 34.9 Å². The van der Waals surface area contributed by atoms with Gasteiger partial charge in [-0.3, -0.25) is 0 Å². The molecule has 100 valence electrons. The van der Waals surface area contributed by atoms with Crippen molar-refractivity contribution >= 4 is 0 Å². The molecule has 0 saturated heterocycles. The molecule has 1 aliphatic rings. The third-order valence-corrected chi connectivity index (χ3v) is 4.27. The van der Waals surface area contributed by atoms with Gasteiger partial charge in [-0.25, -0.2) is 0 Å². The van der Waals surface area contributed by atoms with Gasteiger partial charge in [-0.05, 0) is 56.3 Å². The average molecular weight is 245 g/mol. The van der Waals surface area contributed by atoms with E-state index in [1.165, 1.54) is 55.2 Å². The summed E-state index contributed by atoms with van der Waals surface area (Å²) in [5, 5.41) is 3.74. The molecule has 0 aromatic heterocycles. The highest BCUT2D eigenvalue weighted by molar-refractivity contribution is 5.30. The van der Waals surface area contributed by atoms with E-state index in [-0.39, 0.29) is 0 Å². The van der Waals surface area contributed by atoms with Crippen LogP contribution >= 0.6 is 0 Å². The highest BCUT2D eigenvalue weighted by atomic mass is 14.9. The van der Waals surface area contributed by atoms with E-state index in [9.17, 15) is 0 Å². The Kier molecular flexibility index (Phi) is 5.25. The largest absolute Gasteiger partial charge is 0.314 e. The molecular weight excluding hydrogens is 218 g/mol. The molecule has 0 bridgehead atoms. The van der Waals surface area contributed by atoms with Crippen molar-refractivity contribution in [2.45, 2.75) is 64.8 Å². The van der Waals surface area contributed by atoms with E-state index in [1.54, 1.807) is 0 Å². The molecule has 18 heavy (non-hydrogen) atoms. The predicted octanol–water partition coefficient (Wildman–Crippen LogP) is 4.16. The first-order valence-corrected chi connectivity index (χ1v) is 7.55.